The summed E-state index contributed by atoms with van der Waals surface area (Å²) in [5, 5.41) is 6.18. The Hall–Kier alpha value is -3.00. The Balaban J connectivity index is 1.57. The molecule has 0 spiro atoms. The van der Waals surface area contributed by atoms with Crippen LogP contribution in [0, 0.1) is 0 Å². The minimum Gasteiger partial charge on any atom is -0.352 e. The highest BCUT2D eigenvalue weighted by molar-refractivity contribution is 5.94. The van der Waals surface area contributed by atoms with Gasteiger partial charge in [0.25, 0.3) is 5.91 Å². The number of hydrogen-bond acceptors (Lipinski definition) is 6. The van der Waals surface area contributed by atoms with Gasteiger partial charge in [-0.25, -0.2) is 9.97 Å². The summed E-state index contributed by atoms with van der Waals surface area (Å²) in [6, 6.07) is 7.59. The molecule has 0 fully saturated rings. The van der Waals surface area contributed by atoms with Crippen molar-refractivity contribution < 1.29 is 4.79 Å². The zero-order valence-corrected chi connectivity index (χ0v) is 18.2. The van der Waals surface area contributed by atoms with Gasteiger partial charge in [-0.2, -0.15) is 4.98 Å². The van der Waals surface area contributed by atoms with Crippen LogP contribution in [0.3, 0.4) is 0 Å². The third kappa shape index (κ3) is 5.33. The highest BCUT2D eigenvalue weighted by Crippen LogP contribution is 2.19. The third-order valence-electron chi connectivity index (χ3n) is 5.11. The Morgan fingerprint density at radius 1 is 1.13 bits per heavy atom. The average Bonchev–Trinajstić information content (AvgIpc) is 3.18. The average molecular weight is 410 g/mol. The summed E-state index contributed by atoms with van der Waals surface area (Å²) in [7, 11) is 0. The van der Waals surface area contributed by atoms with Crippen LogP contribution < -0.4 is 10.6 Å². The van der Waals surface area contributed by atoms with Crippen LogP contribution in [0.1, 0.15) is 50.5 Å². The topological polar surface area (TPSA) is 88.0 Å². The summed E-state index contributed by atoms with van der Waals surface area (Å²) in [5.74, 6) is 0.443. The summed E-state index contributed by atoms with van der Waals surface area (Å²) in [5.41, 5.74) is 3.02. The second-order valence-corrected chi connectivity index (χ2v) is 7.49. The highest BCUT2D eigenvalue weighted by Gasteiger charge is 2.10. The molecule has 1 aromatic carbocycles. The molecular weight excluding hydrogens is 378 g/mol. The molecule has 0 radical (unpaired) electrons. The number of imidazole rings is 1. The molecule has 1 amide bonds. The molecule has 0 saturated heterocycles. The molecule has 0 aliphatic heterocycles. The van der Waals surface area contributed by atoms with Crippen molar-refractivity contribution in [1.82, 2.24) is 29.7 Å². The molecule has 2 N–H and O–H groups in total. The number of nitrogens with one attached hydrogen (secondary N) is 2. The molecule has 0 saturated carbocycles. The van der Waals surface area contributed by atoms with E-state index in [4.69, 9.17) is 0 Å². The molecule has 30 heavy (non-hydrogen) atoms. The molecule has 8 heteroatoms. The standard InChI is InChI=1S/C22H31N7O/c1-5-28(6-2)13-7-12-23-21(30)17-8-10-18(11-9-17)26-22-24-14-19-20(27-22)29(15-25-19)16(3)4/h8-11,14-16H,5-7,12-13H2,1-4H3,(H,23,30)(H,24,26,27). The normalized spacial score (nSPS) is 11.4. The number of rotatable bonds is 10. The fourth-order valence-corrected chi connectivity index (χ4v) is 3.25. The van der Waals surface area contributed by atoms with Gasteiger partial charge in [-0.15, -0.1) is 0 Å². The van der Waals surface area contributed by atoms with Gasteiger partial charge in [0.15, 0.2) is 5.65 Å². The summed E-state index contributed by atoms with van der Waals surface area (Å²) >= 11 is 0. The van der Waals surface area contributed by atoms with E-state index >= 15 is 0 Å². The van der Waals surface area contributed by atoms with Gasteiger partial charge in [0.1, 0.15) is 5.52 Å². The summed E-state index contributed by atoms with van der Waals surface area (Å²) in [4.78, 5) is 27.9. The Morgan fingerprint density at radius 2 is 1.87 bits per heavy atom. The van der Waals surface area contributed by atoms with Gasteiger partial charge in [-0.05, 0) is 64.2 Å². The van der Waals surface area contributed by atoms with E-state index in [-0.39, 0.29) is 11.9 Å². The van der Waals surface area contributed by atoms with Crippen molar-refractivity contribution in [3.8, 4) is 0 Å². The van der Waals surface area contributed by atoms with Gasteiger partial charge in [-0.3, -0.25) is 4.79 Å². The fraction of sp³-hybridized carbons (Fsp3) is 0.455. The molecule has 2 aromatic heterocycles. The first-order chi connectivity index (χ1) is 14.5. The number of benzene rings is 1. The molecule has 0 bridgehead atoms. The maximum absolute atomic E-state index is 12.3. The molecule has 0 aliphatic carbocycles. The van der Waals surface area contributed by atoms with Gasteiger partial charge >= 0.3 is 0 Å². The third-order valence-corrected chi connectivity index (χ3v) is 5.11. The highest BCUT2D eigenvalue weighted by atomic mass is 16.1. The molecule has 0 atom stereocenters. The first kappa shape index (κ1) is 21.7. The van der Waals surface area contributed by atoms with E-state index < -0.39 is 0 Å². The number of carbonyl (C=O) groups excluding carboxylic acids is 1. The smallest absolute Gasteiger partial charge is 0.251 e. The van der Waals surface area contributed by atoms with Crippen LogP contribution in [0.25, 0.3) is 11.2 Å². The predicted molar refractivity (Wildman–Crippen MR) is 120 cm³/mol. The van der Waals surface area contributed by atoms with Gasteiger partial charge in [0.2, 0.25) is 5.95 Å². The molecule has 2 heterocycles. The summed E-state index contributed by atoms with van der Waals surface area (Å²) in [6.45, 7) is 12.2. The molecule has 8 nitrogen and oxygen atoms in total. The van der Waals surface area contributed by atoms with E-state index in [1.807, 2.05) is 16.7 Å². The van der Waals surface area contributed by atoms with E-state index in [1.165, 1.54) is 0 Å². The predicted octanol–water partition coefficient (Wildman–Crippen LogP) is 3.61. The quantitative estimate of drug-likeness (QED) is 0.497. The van der Waals surface area contributed by atoms with Crippen LogP contribution in [0.4, 0.5) is 11.6 Å². The first-order valence-electron chi connectivity index (χ1n) is 10.6. The van der Waals surface area contributed by atoms with Crippen LogP contribution in [-0.4, -0.2) is 56.5 Å². The van der Waals surface area contributed by atoms with Crippen LogP contribution in [0.2, 0.25) is 0 Å². The van der Waals surface area contributed by atoms with Crippen molar-refractivity contribution in [2.24, 2.45) is 0 Å². The lowest BCUT2D eigenvalue weighted by atomic mass is 10.2. The largest absolute Gasteiger partial charge is 0.352 e. The van der Waals surface area contributed by atoms with Gasteiger partial charge < -0.3 is 20.1 Å². The van der Waals surface area contributed by atoms with Crippen molar-refractivity contribution in [3.63, 3.8) is 0 Å². The zero-order chi connectivity index (χ0) is 21.5. The minimum absolute atomic E-state index is 0.0559. The van der Waals surface area contributed by atoms with E-state index in [2.05, 4.69) is 58.2 Å². The van der Waals surface area contributed by atoms with Crippen LogP contribution >= 0.6 is 0 Å². The molecule has 3 rings (SSSR count). The molecular formula is C22H31N7O. The maximum atomic E-state index is 12.3. The lowest BCUT2D eigenvalue weighted by Crippen LogP contribution is -2.29. The second kappa shape index (κ2) is 10.2. The first-order valence-corrected chi connectivity index (χ1v) is 10.6. The van der Waals surface area contributed by atoms with Crippen molar-refractivity contribution >= 4 is 28.7 Å². The second-order valence-electron chi connectivity index (χ2n) is 7.49. The van der Waals surface area contributed by atoms with Gasteiger partial charge in [-0.1, -0.05) is 13.8 Å². The number of nitrogens with zero attached hydrogens (tertiary/aromatic N) is 5. The lowest BCUT2D eigenvalue weighted by Gasteiger charge is -2.17. The lowest BCUT2D eigenvalue weighted by molar-refractivity contribution is 0.0952. The minimum atomic E-state index is -0.0559. The Morgan fingerprint density at radius 3 is 2.53 bits per heavy atom. The number of carbonyl (C=O) groups is 1. The molecule has 3 aromatic rings. The number of anilines is 2. The SMILES string of the molecule is CCN(CC)CCCNC(=O)c1ccc(Nc2ncc3ncn(C(C)C)c3n2)cc1. The molecule has 160 valence electrons. The Labute approximate surface area is 177 Å². The number of amides is 1. The van der Waals surface area contributed by atoms with Crippen LogP contribution in [-0.2, 0) is 0 Å². The Bertz CT molecular complexity index is 961. The summed E-state index contributed by atoms with van der Waals surface area (Å²) < 4.78 is 2.01. The van der Waals surface area contributed by atoms with Crippen molar-refractivity contribution in [2.75, 3.05) is 31.5 Å². The van der Waals surface area contributed by atoms with Gasteiger partial charge in [0, 0.05) is 23.8 Å². The molecule has 0 unspecified atom stereocenters. The van der Waals surface area contributed by atoms with E-state index in [0.717, 1.165) is 42.9 Å². The van der Waals surface area contributed by atoms with Crippen molar-refractivity contribution in [3.05, 3.63) is 42.4 Å². The monoisotopic (exact) mass is 409 g/mol. The van der Waals surface area contributed by atoms with E-state index in [0.29, 0.717) is 18.1 Å². The van der Waals surface area contributed by atoms with Gasteiger partial charge in [0.05, 0.1) is 12.5 Å². The van der Waals surface area contributed by atoms with Crippen molar-refractivity contribution in [1.29, 1.82) is 0 Å². The van der Waals surface area contributed by atoms with E-state index in [9.17, 15) is 4.79 Å². The van der Waals surface area contributed by atoms with Crippen LogP contribution in [0.15, 0.2) is 36.8 Å². The molecule has 0 aliphatic rings. The summed E-state index contributed by atoms with van der Waals surface area (Å²) in [6.07, 6.45) is 4.44. The number of hydrogen-bond donors (Lipinski definition) is 2. The fourth-order valence-electron chi connectivity index (χ4n) is 3.25. The number of fused-ring (bicyclic) bond motifs is 1. The Kier molecular flexibility index (Phi) is 7.35. The van der Waals surface area contributed by atoms with E-state index in [1.54, 1.807) is 24.7 Å². The number of aromatic nitrogens is 4. The van der Waals surface area contributed by atoms with Crippen molar-refractivity contribution in [2.45, 2.75) is 40.2 Å². The maximum Gasteiger partial charge on any atom is 0.251 e. The van der Waals surface area contributed by atoms with Crippen LogP contribution in [0.5, 0.6) is 0 Å². The zero-order valence-electron chi connectivity index (χ0n) is 18.2.